The van der Waals surface area contributed by atoms with Gasteiger partial charge < -0.3 is 26.0 Å². The predicted molar refractivity (Wildman–Crippen MR) is 98.7 cm³/mol. The van der Waals surface area contributed by atoms with Crippen LogP contribution < -0.4 is 21.7 Å². The molecule has 0 spiro atoms. The molecule has 0 aromatic heterocycles. The molecule has 6 atom stereocenters. The number of aliphatic hydroxyl groups is 2. The third-order valence-electron chi connectivity index (χ3n) is 4.66. The fourth-order valence-electron chi connectivity index (χ4n) is 2.94. The average molecular weight is 363 g/mol. The molecule has 0 aromatic rings. The van der Waals surface area contributed by atoms with Crippen molar-refractivity contribution in [1.29, 1.82) is 0 Å². The zero-order valence-electron chi connectivity index (χ0n) is 16.5. The predicted octanol–water partition coefficient (Wildman–Crippen LogP) is -0.648. The first-order chi connectivity index (χ1) is 11.7. The Morgan fingerprint density at radius 2 is 1.80 bits per heavy atom. The number of carbonyl (C=O) groups is 1. The Morgan fingerprint density at radius 1 is 1.20 bits per heavy atom. The maximum Gasteiger partial charge on any atom is 0.220 e. The van der Waals surface area contributed by atoms with Crippen LogP contribution in [0.4, 0.5) is 0 Å². The van der Waals surface area contributed by atoms with Gasteiger partial charge in [0, 0.05) is 25.7 Å². The van der Waals surface area contributed by atoms with Crippen LogP contribution in [-0.2, 0) is 9.53 Å². The molecule has 8 heteroatoms. The molecular formula is C17H38N4O4. The van der Waals surface area contributed by atoms with Gasteiger partial charge in [0.25, 0.3) is 0 Å². The molecular weight excluding hydrogens is 324 g/mol. The molecule has 0 bridgehead atoms. The third-order valence-corrected chi connectivity index (χ3v) is 4.66. The Kier molecular flexibility index (Phi) is 12.2. The van der Waals surface area contributed by atoms with Crippen LogP contribution in [0.5, 0.6) is 0 Å². The van der Waals surface area contributed by atoms with E-state index in [1.54, 1.807) is 7.05 Å². The van der Waals surface area contributed by atoms with E-state index in [4.69, 9.17) is 10.5 Å². The van der Waals surface area contributed by atoms with Crippen molar-refractivity contribution in [2.45, 2.75) is 71.2 Å². The number of amides is 1. The molecule has 4 unspecified atom stereocenters. The van der Waals surface area contributed by atoms with Crippen LogP contribution in [0.15, 0.2) is 0 Å². The van der Waals surface area contributed by atoms with Gasteiger partial charge in [-0.25, -0.2) is 0 Å². The summed E-state index contributed by atoms with van der Waals surface area (Å²) in [6, 6.07) is -0.360. The van der Waals surface area contributed by atoms with Crippen molar-refractivity contribution in [2.75, 3.05) is 20.7 Å². The number of methoxy groups -OCH3 is 1. The van der Waals surface area contributed by atoms with Crippen molar-refractivity contribution in [3.05, 3.63) is 0 Å². The highest BCUT2D eigenvalue weighted by atomic mass is 16.5. The normalized spacial score (nSPS) is 19.2. The number of aliphatic hydroxyl groups excluding tert-OH is 2. The van der Waals surface area contributed by atoms with Crippen molar-refractivity contribution in [3.63, 3.8) is 0 Å². The maximum absolute atomic E-state index is 11.3. The molecule has 0 saturated carbocycles. The minimum Gasteiger partial charge on any atom is -0.379 e. The van der Waals surface area contributed by atoms with E-state index in [1.807, 2.05) is 27.7 Å². The SMILES string of the molecule is CCC(C)[C@H](NC(O)CNC(O)[C@@H](NC)C(C)C)C(CC(N)=O)OC. The number of ether oxygens (including phenoxy) is 1. The molecule has 0 heterocycles. The molecule has 0 aliphatic carbocycles. The lowest BCUT2D eigenvalue weighted by Gasteiger charge is -2.34. The van der Waals surface area contributed by atoms with Crippen LogP contribution in [0.25, 0.3) is 0 Å². The molecule has 150 valence electrons. The zero-order chi connectivity index (χ0) is 19.6. The third kappa shape index (κ3) is 8.94. The van der Waals surface area contributed by atoms with Gasteiger partial charge in [0.15, 0.2) is 0 Å². The smallest absolute Gasteiger partial charge is 0.220 e. The number of carbonyl (C=O) groups excluding carboxylic acids is 1. The van der Waals surface area contributed by atoms with Crippen LogP contribution in [0.1, 0.15) is 40.5 Å². The van der Waals surface area contributed by atoms with Gasteiger partial charge in [-0.2, -0.15) is 0 Å². The summed E-state index contributed by atoms with van der Waals surface area (Å²) in [5, 5.41) is 29.6. The molecule has 8 nitrogen and oxygen atoms in total. The minimum atomic E-state index is -0.899. The van der Waals surface area contributed by atoms with Crippen molar-refractivity contribution in [2.24, 2.45) is 17.6 Å². The lowest BCUT2D eigenvalue weighted by atomic mass is 9.92. The lowest BCUT2D eigenvalue weighted by molar-refractivity contribution is -0.121. The van der Waals surface area contributed by atoms with Gasteiger partial charge >= 0.3 is 0 Å². The maximum atomic E-state index is 11.3. The van der Waals surface area contributed by atoms with Crippen molar-refractivity contribution < 1.29 is 19.7 Å². The van der Waals surface area contributed by atoms with E-state index in [2.05, 4.69) is 16.0 Å². The quantitative estimate of drug-likeness (QED) is 0.227. The summed E-state index contributed by atoms with van der Waals surface area (Å²) in [6.45, 7) is 8.23. The van der Waals surface area contributed by atoms with Crippen LogP contribution >= 0.6 is 0 Å². The fraction of sp³-hybridized carbons (Fsp3) is 0.941. The number of primary amides is 1. The summed E-state index contributed by atoms with van der Waals surface area (Å²) in [5.74, 6) is -0.0396. The van der Waals surface area contributed by atoms with E-state index in [0.717, 1.165) is 6.42 Å². The Morgan fingerprint density at radius 3 is 2.20 bits per heavy atom. The number of nitrogens with one attached hydrogen (secondary N) is 3. The molecule has 0 rings (SSSR count). The molecule has 0 saturated heterocycles. The summed E-state index contributed by atoms with van der Waals surface area (Å²) in [4.78, 5) is 11.3. The largest absolute Gasteiger partial charge is 0.379 e. The lowest BCUT2D eigenvalue weighted by Crippen LogP contribution is -2.56. The van der Waals surface area contributed by atoms with E-state index in [1.165, 1.54) is 7.11 Å². The summed E-state index contributed by atoms with van der Waals surface area (Å²) >= 11 is 0. The topological polar surface area (TPSA) is 129 Å². The molecule has 25 heavy (non-hydrogen) atoms. The first-order valence-electron chi connectivity index (χ1n) is 9.01. The van der Waals surface area contributed by atoms with Gasteiger partial charge in [0.1, 0.15) is 12.5 Å². The molecule has 0 aliphatic rings. The second-order valence-electron chi connectivity index (χ2n) is 6.95. The number of hydrogen-bond acceptors (Lipinski definition) is 7. The summed E-state index contributed by atoms with van der Waals surface area (Å²) in [7, 11) is 3.31. The second kappa shape index (κ2) is 12.6. The molecule has 0 radical (unpaired) electrons. The average Bonchev–Trinajstić information content (AvgIpc) is 2.55. The monoisotopic (exact) mass is 362 g/mol. The van der Waals surface area contributed by atoms with E-state index in [9.17, 15) is 15.0 Å². The minimum absolute atomic E-state index is 0.0798. The van der Waals surface area contributed by atoms with E-state index >= 15 is 0 Å². The highest BCUT2D eigenvalue weighted by molar-refractivity contribution is 5.74. The van der Waals surface area contributed by atoms with Crippen LogP contribution in [0, 0.1) is 11.8 Å². The number of rotatable bonds is 14. The Balaban J connectivity index is 4.75. The van der Waals surface area contributed by atoms with Crippen LogP contribution in [-0.4, -0.2) is 67.5 Å². The van der Waals surface area contributed by atoms with Crippen molar-refractivity contribution >= 4 is 5.91 Å². The highest BCUT2D eigenvalue weighted by Crippen LogP contribution is 2.16. The summed E-state index contributed by atoms with van der Waals surface area (Å²) in [6.07, 6.45) is -1.17. The Bertz CT molecular complexity index is 371. The summed E-state index contributed by atoms with van der Waals surface area (Å²) < 4.78 is 5.41. The number of hydrogen-bond donors (Lipinski definition) is 6. The van der Waals surface area contributed by atoms with E-state index < -0.39 is 24.5 Å². The molecule has 7 N–H and O–H groups in total. The fourth-order valence-corrected chi connectivity index (χ4v) is 2.94. The second-order valence-corrected chi connectivity index (χ2v) is 6.95. The highest BCUT2D eigenvalue weighted by Gasteiger charge is 2.29. The molecule has 0 aliphatic heterocycles. The van der Waals surface area contributed by atoms with Crippen LogP contribution in [0.3, 0.4) is 0 Å². The van der Waals surface area contributed by atoms with Crippen LogP contribution in [0.2, 0.25) is 0 Å². The van der Waals surface area contributed by atoms with E-state index in [-0.39, 0.29) is 36.9 Å². The Hall–Kier alpha value is -0.770. The van der Waals surface area contributed by atoms with Gasteiger partial charge in [-0.1, -0.05) is 34.1 Å². The van der Waals surface area contributed by atoms with Gasteiger partial charge in [0.05, 0.1) is 12.5 Å². The first-order valence-corrected chi connectivity index (χ1v) is 9.01. The number of likely N-dealkylation sites (N-methyl/N-ethyl adjacent to an activating group) is 1. The van der Waals surface area contributed by atoms with Gasteiger partial charge in [-0.05, 0) is 18.9 Å². The van der Waals surface area contributed by atoms with Crippen molar-refractivity contribution in [1.82, 2.24) is 16.0 Å². The van der Waals surface area contributed by atoms with Gasteiger partial charge in [-0.3, -0.25) is 15.4 Å². The Labute approximate surface area is 151 Å². The van der Waals surface area contributed by atoms with Gasteiger partial charge in [0.2, 0.25) is 5.91 Å². The van der Waals surface area contributed by atoms with Crippen molar-refractivity contribution in [3.8, 4) is 0 Å². The van der Waals surface area contributed by atoms with Gasteiger partial charge in [-0.15, -0.1) is 0 Å². The standard InChI is InChI=1S/C17H38N4O4/c1-7-11(4)16(12(25-6)8-13(18)22)21-14(23)9-20-17(24)15(19-5)10(2)3/h10-12,14-17,19-21,23-24H,7-9H2,1-6H3,(H2,18,22)/t11?,12?,14?,15-,16-,17?/m0/s1. The first kappa shape index (κ1) is 24.2. The molecule has 0 aromatic carbocycles. The summed E-state index contributed by atoms with van der Waals surface area (Å²) in [5.41, 5.74) is 5.29. The number of nitrogens with two attached hydrogens (primary N) is 1. The molecule has 0 fully saturated rings. The zero-order valence-corrected chi connectivity index (χ0v) is 16.5. The molecule has 1 amide bonds. The van der Waals surface area contributed by atoms with E-state index in [0.29, 0.717) is 0 Å².